The summed E-state index contributed by atoms with van der Waals surface area (Å²) in [6, 6.07) is 38.2. The maximum atomic E-state index is 6.51. The van der Waals surface area contributed by atoms with E-state index in [4.69, 9.17) is 9.40 Å². The van der Waals surface area contributed by atoms with E-state index in [0.29, 0.717) is 5.89 Å². The predicted molar refractivity (Wildman–Crippen MR) is 163 cm³/mol. The van der Waals surface area contributed by atoms with Crippen molar-refractivity contribution in [2.24, 2.45) is 7.05 Å². The molecule has 5 aromatic carbocycles. The maximum absolute atomic E-state index is 6.51. The highest BCUT2D eigenvalue weighted by atomic mass is 16.3. The quantitative estimate of drug-likeness (QED) is 0.218. The molecule has 0 unspecified atom stereocenters. The number of aromatic nitrogens is 3. The third kappa shape index (κ3) is 3.76. The van der Waals surface area contributed by atoms with E-state index in [1.54, 1.807) is 0 Å². The van der Waals surface area contributed by atoms with Gasteiger partial charge in [-0.2, -0.15) is 4.57 Å². The first-order valence-electron chi connectivity index (χ1n) is 13.6. The lowest BCUT2D eigenvalue weighted by Gasteiger charge is -2.10. The van der Waals surface area contributed by atoms with Gasteiger partial charge in [0.25, 0.3) is 5.82 Å². The van der Waals surface area contributed by atoms with Crippen molar-refractivity contribution in [3.05, 3.63) is 126 Å². The summed E-state index contributed by atoms with van der Waals surface area (Å²) in [6.07, 6.45) is 0. The van der Waals surface area contributed by atoms with Gasteiger partial charge < -0.3 is 4.42 Å². The van der Waals surface area contributed by atoms with Crippen LogP contribution in [-0.2, 0) is 7.05 Å². The van der Waals surface area contributed by atoms with Crippen LogP contribution in [0.1, 0.15) is 16.7 Å². The highest BCUT2D eigenvalue weighted by molar-refractivity contribution is 5.94. The number of hydrogen-bond acceptors (Lipinski definition) is 2. The van der Waals surface area contributed by atoms with Crippen LogP contribution in [0.5, 0.6) is 0 Å². The summed E-state index contributed by atoms with van der Waals surface area (Å²) in [5, 5.41) is 0. The standard InChI is InChI=1S/C36H30N3O/c1-23-19-20-31-34(37-35(40-31)32-24(2)21-27(22-25(32)3)26-13-7-5-8-14-26)33(23)36-38(4)29-17-11-12-18-30(29)39(36)28-15-9-6-10-16-28/h5-22H,1-4H3/q+1. The molecule has 7 aromatic rings. The van der Waals surface area contributed by atoms with E-state index >= 15 is 0 Å². The Kier molecular flexibility index (Phi) is 5.64. The Hall–Kier alpha value is -4.96. The second-order valence-electron chi connectivity index (χ2n) is 10.5. The van der Waals surface area contributed by atoms with Gasteiger partial charge in [-0.05, 0) is 78.9 Å². The van der Waals surface area contributed by atoms with Crippen LogP contribution >= 0.6 is 0 Å². The van der Waals surface area contributed by atoms with Crippen molar-refractivity contribution < 1.29 is 8.98 Å². The Morgan fingerprint density at radius 2 is 1.30 bits per heavy atom. The largest absolute Gasteiger partial charge is 0.436 e. The fourth-order valence-electron chi connectivity index (χ4n) is 6.02. The molecule has 40 heavy (non-hydrogen) atoms. The van der Waals surface area contributed by atoms with Crippen LogP contribution in [0.15, 0.2) is 114 Å². The first kappa shape index (κ1) is 24.1. The molecule has 0 aliphatic rings. The zero-order valence-corrected chi connectivity index (χ0v) is 23.1. The Labute approximate surface area is 233 Å². The third-order valence-corrected chi connectivity index (χ3v) is 7.87. The number of imidazole rings is 1. The molecule has 0 N–H and O–H groups in total. The zero-order chi connectivity index (χ0) is 27.4. The third-order valence-electron chi connectivity index (χ3n) is 7.87. The van der Waals surface area contributed by atoms with Crippen molar-refractivity contribution in [3.63, 3.8) is 0 Å². The van der Waals surface area contributed by atoms with E-state index in [2.05, 4.69) is 134 Å². The molecule has 2 heterocycles. The average Bonchev–Trinajstić information content (AvgIpc) is 3.52. The molecule has 4 nitrogen and oxygen atoms in total. The molecule has 0 amide bonds. The summed E-state index contributed by atoms with van der Waals surface area (Å²) in [6.45, 7) is 6.44. The maximum Gasteiger partial charge on any atom is 0.297 e. The van der Waals surface area contributed by atoms with Gasteiger partial charge in [-0.25, -0.2) is 9.55 Å². The van der Waals surface area contributed by atoms with Gasteiger partial charge in [0.2, 0.25) is 5.89 Å². The molecular formula is C36H30N3O+. The number of hydrogen-bond donors (Lipinski definition) is 0. The van der Waals surface area contributed by atoms with Crippen LogP contribution in [0.25, 0.3) is 61.8 Å². The minimum Gasteiger partial charge on any atom is -0.436 e. The lowest BCUT2D eigenvalue weighted by atomic mass is 9.95. The topological polar surface area (TPSA) is 34.8 Å². The van der Waals surface area contributed by atoms with E-state index in [1.165, 1.54) is 11.1 Å². The minimum absolute atomic E-state index is 0.654. The van der Waals surface area contributed by atoms with Crippen molar-refractivity contribution >= 4 is 22.1 Å². The number of aryl methyl sites for hydroxylation is 4. The fraction of sp³-hybridized carbons (Fsp3) is 0.111. The molecule has 0 fully saturated rings. The predicted octanol–water partition coefficient (Wildman–Crippen LogP) is 8.52. The molecular weight excluding hydrogens is 490 g/mol. The summed E-state index contributed by atoms with van der Waals surface area (Å²) >= 11 is 0. The molecule has 0 aliphatic heterocycles. The molecule has 7 rings (SSSR count). The SMILES string of the molecule is Cc1cc(-c2ccccc2)cc(C)c1-c1nc2c(-c3n(-c4ccccc4)c4ccccc4[n+]3C)c(C)ccc2o1. The summed E-state index contributed by atoms with van der Waals surface area (Å²) in [5.74, 6) is 1.73. The van der Waals surface area contributed by atoms with Gasteiger partial charge in [-0.15, -0.1) is 0 Å². The van der Waals surface area contributed by atoms with Crippen LogP contribution in [0.3, 0.4) is 0 Å². The van der Waals surface area contributed by atoms with Gasteiger partial charge in [-0.1, -0.05) is 78.9 Å². The lowest BCUT2D eigenvalue weighted by Crippen LogP contribution is -2.30. The Morgan fingerprint density at radius 3 is 2.02 bits per heavy atom. The van der Waals surface area contributed by atoms with Crippen LogP contribution in [0.4, 0.5) is 0 Å². The van der Waals surface area contributed by atoms with Gasteiger partial charge >= 0.3 is 0 Å². The van der Waals surface area contributed by atoms with Crippen LogP contribution in [0, 0.1) is 20.8 Å². The Balaban J connectivity index is 1.47. The smallest absolute Gasteiger partial charge is 0.297 e. The highest BCUT2D eigenvalue weighted by Crippen LogP contribution is 2.38. The van der Waals surface area contributed by atoms with Crippen molar-refractivity contribution in [1.82, 2.24) is 9.55 Å². The van der Waals surface area contributed by atoms with Crippen molar-refractivity contribution in [2.45, 2.75) is 20.8 Å². The van der Waals surface area contributed by atoms with Gasteiger partial charge in [-0.3, -0.25) is 0 Å². The molecule has 0 saturated carbocycles. The summed E-state index contributed by atoms with van der Waals surface area (Å²) in [4.78, 5) is 5.20. The van der Waals surface area contributed by atoms with E-state index in [9.17, 15) is 0 Å². The van der Waals surface area contributed by atoms with Crippen molar-refractivity contribution in [1.29, 1.82) is 0 Å². The monoisotopic (exact) mass is 520 g/mol. The lowest BCUT2D eigenvalue weighted by molar-refractivity contribution is -0.633. The van der Waals surface area contributed by atoms with E-state index in [0.717, 1.165) is 61.5 Å². The number of oxazole rings is 1. The number of nitrogens with zero attached hydrogens (tertiary/aromatic N) is 3. The Bertz CT molecular complexity index is 2010. The second kappa shape index (κ2) is 9.35. The van der Waals surface area contributed by atoms with Crippen molar-refractivity contribution in [2.75, 3.05) is 0 Å². The number of fused-ring (bicyclic) bond motifs is 2. The molecule has 0 atom stereocenters. The molecule has 0 bridgehead atoms. The number of benzene rings is 5. The molecule has 194 valence electrons. The number of para-hydroxylation sites is 3. The molecule has 0 spiro atoms. The van der Waals surface area contributed by atoms with E-state index in [1.807, 2.05) is 12.1 Å². The normalized spacial score (nSPS) is 11.5. The van der Waals surface area contributed by atoms with Gasteiger partial charge in [0.1, 0.15) is 11.2 Å². The minimum atomic E-state index is 0.654. The van der Waals surface area contributed by atoms with Crippen LogP contribution in [-0.4, -0.2) is 9.55 Å². The summed E-state index contributed by atoms with van der Waals surface area (Å²) in [7, 11) is 2.13. The van der Waals surface area contributed by atoms with Crippen LogP contribution in [0.2, 0.25) is 0 Å². The fourth-order valence-corrected chi connectivity index (χ4v) is 6.02. The molecule has 4 heteroatoms. The highest BCUT2D eigenvalue weighted by Gasteiger charge is 2.30. The molecule has 2 aromatic heterocycles. The first-order valence-corrected chi connectivity index (χ1v) is 13.6. The zero-order valence-electron chi connectivity index (χ0n) is 23.1. The van der Waals surface area contributed by atoms with Crippen molar-refractivity contribution in [3.8, 4) is 39.7 Å². The molecule has 0 aliphatic carbocycles. The van der Waals surface area contributed by atoms with E-state index < -0.39 is 0 Å². The van der Waals surface area contributed by atoms with E-state index in [-0.39, 0.29) is 0 Å². The summed E-state index contributed by atoms with van der Waals surface area (Å²) in [5.41, 5.74) is 13.0. The Morgan fingerprint density at radius 1 is 0.650 bits per heavy atom. The number of rotatable bonds is 4. The average molecular weight is 521 g/mol. The van der Waals surface area contributed by atoms with Gasteiger partial charge in [0.15, 0.2) is 16.6 Å². The molecule has 0 radical (unpaired) electrons. The molecule has 0 saturated heterocycles. The first-order chi connectivity index (χ1) is 19.5. The van der Waals surface area contributed by atoms with Gasteiger partial charge in [0, 0.05) is 5.56 Å². The van der Waals surface area contributed by atoms with Gasteiger partial charge in [0.05, 0.1) is 12.6 Å². The second-order valence-corrected chi connectivity index (χ2v) is 10.5. The summed E-state index contributed by atoms with van der Waals surface area (Å²) < 4.78 is 11.1. The van der Waals surface area contributed by atoms with Crippen LogP contribution < -0.4 is 4.57 Å².